The lowest BCUT2D eigenvalue weighted by molar-refractivity contribution is -0.118. The predicted octanol–water partition coefficient (Wildman–Crippen LogP) is 7.55. The molecule has 0 aliphatic heterocycles. The Bertz CT molecular complexity index is 1250. The molecule has 0 saturated carbocycles. The molecule has 1 N–H and O–H groups in total. The van der Waals surface area contributed by atoms with E-state index in [2.05, 4.69) is 71.3 Å². The van der Waals surface area contributed by atoms with Crippen molar-refractivity contribution in [2.45, 2.75) is 26.2 Å². The molecule has 0 fully saturated rings. The molecule has 1 heterocycles. The van der Waals surface area contributed by atoms with Crippen LogP contribution in [0.1, 0.15) is 26.3 Å². The maximum Gasteiger partial charge on any atom is 0.264 e. The predicted molar refractivity (Wildman–Crippen MR) is 140 cm³/mol. The summed E-state index contributed by atoms with van der Waals surface area (Å²) in [5.74, 6) is 0.470. The number of rotatable bonds is 6. The molecule has 0 atom stereocenters. The van der Waals surface area contributed by atoms with Crippen molar-refractivity contribution in [3.8, 4) is 28.1 Å². The van der Waals surface area contributed by atoms with Gasteiger partial charge in [0.1, 0.15) is 5.75 Å². The van der Waals surface area contributed by atoms with Gasteiger partial charge >= 0.3 is 0 Å². The van der Waals surface area contributed by atoms with Gasteiger partial charge in [-0.3, -0.25) is 10.1 Å². The highest BCUT2D eigenvalue weighted by Crippen LogP contribution is 2.34. The van der Waals surface area contributed by atoms with E-state index in [1.54, 1.807) is 0 Å². The Balaban J connectivity index is 1.39. The van der Waals surface area contributed by atoms with Gasteiger partial charge in [0, 0.05) is 21.0 Å². The summed E-state index contributed by atoms with van der Waals surface area (Å²) in [7, 11) is 0. The topological polar surface area (TPSA) is 51.2 Å². The van der Waals surface area contributed by atoms with Crippen molar-refractivity contribution >= 4 is 38.3 Å². The minimum Gasteiger partial charge on any atom is -0.483 e. The second kappa shape index (κ2) is 9.89. The van der Waals surface area contributed by atoms with E-state index in [0.29, 0.717) is 10.9 Å². The molecule has 33 heavy (non-hydrogen) atoms. The van der Waals surface area contributed by atoms with Gasteiger partial charge in [-0.2, -0.15) is 0 Å². The Morgan fingerprint density at radius 3 is 2.33 bits per heavy atom. The molecule has 4 nitrogen and oxygen atoms in total. The third kappa shape index (κ3) is 5.89. The third-order valence-corrected chi connectivity index (χ3v) is 6.40. The first-order valence-corrected chi connectivity index (χ1v) is 12.3. The smallest absolute Gasteiger partial charge is 0.264 e. The molecular formula is C27H25BrN2O2S. The molecule has 0 spiro atoms. The number of carbonyl (C=O) groups is 1. The van der Waals surface area contributed by atoms with Crippen LogP contribution in [-0.2, 0) is 10.2 Å². The number of halogens is 1. The molecule has 0 unspecified atom stereocenters. The van der Waals surface area contributed by atoms with Gasteiger partial charge in [0.25, 0.3) is 5.91 Å². The SMILES string of the molecule is CC(C)(C)c1cc(Br)ccc1OCC(=O)Nc1nc(-c2ccc(-c3ccccc3)cc2)cs1. The Hall–Kier alpha value is -2.96. The summed E-state index contributed by atoms with van der Waals surface area (Å²) in [6.45, 7) is 6.27. The number of aromatic nitrogens is 1. The van der Waals surface area contributed by atoms with E-state index < -0.39 is 0 Å². The van der Waals surface area contributed by atoms with E-state index in [9.17, 15) is 4.79 Å². The fourth-order valence-electron chi connectivity index (χ4n) is 3.44. The zero-order valence-corrected chi connectivity index (χ0v) is 21.2. The van der Waals surface area contributed by atoms with Crippen molar-refractivity contribution in [1.29, 1.82) is 0 Å². The Kier molecular flexibility index (Phi) is 6.96. The summed E-state index contributed by atoms with van der Waals surface area (Å²) in [5, 5.41) is 5.34. The highest BCUT2D eigenvalue weighted by molar-refractivity contribution is 9.10. The molecule has 168 valence electrons. The molecule has 4 rings (SSSR count). The Morgan fingerprint density at radius 1 is 0.970 bits per heavy atom. The average molecular weight is 521 g/mol. The van der Waals surface area contributed by atoms with Gasteiger partial charge in [-0.05, 0) is 34.7 Å². The van der Waals surface area contributed by atoms with Gasteiger partial charge in [0.05, 0.1) is 5.69 Å². The van der Waals surface area contributed by atoms with Crippen LogP contribution >= 0.6 is 27.3 Å². The minimum atomic E-state index is -0.238. The summed E-state index contributed by atoms with van der Waals surface area (Å²) in [5.41, 5.74) is 5.11. The third-order valence-electron chi connectivity index (χ3n) is 5.15. The van der Waals surface area contributed by atoms with E-state index >= 15 is 0 Å². The van der Waals surface area contributed by atoms with Crippen LogP contribution in [-0.4, -0.2) is 17.5 Å². The monoisotopic (exact) mass is 520 g/mol. The first-order valence-electron chi connectivity index (χ1n) is 10.6. The fraction of sp³-hybridized carbons (Fsp3) is 0.185. The van der Waals surface area contributed by atoms with Crippen LogP contribution in [0.4, 0.5) is 5.13 Å². The van der Waals surface area contributed by atoms with E-state index in [0.717, 1.165) is 26.9 Å². The molecular weight excluding hydrogens is 496 g/mol. The summed E-state index contributed by atoms with van der Waals surface area (Å²) in [6.07, 6.45) is 0. The highest BCUT2D eigenvalue weighted by atomic mass is 79.9. The fourth-order valence-corrected chi connectivity index (χ4v) is 4.54. The number of hydrogen-bond acceptors (Lipinski definition) is 4. The molecule has 1 amide bonds. The molecule has 0 saturated heterocycles. The second-order valence-corrected chi connectivity index (χ2v) is 10.5. The van der Waals surface area contributed by atoms with Crippen molar-refractivity contribution in [3.05, 3.63) is 88.2 Å². The number of hydrogen-bond donors (Lipinski definition) is 1. The van der Waals surface area contributed by atoms with Crippen molar-refractivity contribution in [2.24, 2.45) is 0 Å². The lowest BCUT2D eigenvalue weighted by Gasteiger charge is -2.23. The van der Waals surface area contributed by atoms with Gasteiger partial charge in [-0.25, -0.2) is 4.98 Å². The van der Waals surface area contributed by atoms with Crippen molar-refractivity contribution in [3.63, 3.8) is 0 Å². The summed E-state index contributed by atoms with van der Waals surface area (Å²) in [4.78, 5) is 17.1. The summed E-state index contributed by atoms with van der Waals surface area (Å²) in [6, 6.07) is 24.4. The van der Waals surface area contributed by atoms with Crippen LogP contribution in [0.15, 0.2) is 82.6 Å². The maximum atomic E-state index is 12.5. The van der Waals surface area contributed by atoms with Crippen LogP contribution < -0.4 is 10.1 Å². The maximum absolute atomic E-state index is 12.5. The number of benzene rings is 3. The van der Waals surface area contributed by atoms with Gasteiger partial charge in [-0.15, -0.1) is 11.3 Å². The number of ether oxygens (including phenoxy) is 1. The van der Waals surface area contributed by atoms with E-state index in [1.165, 1.54) is 16.9 Å². The standard InChI is InChI=1S/C27H25BrN2O2S/c1-27(2,3)22-15-21(28)13-14-24(22)32-16-25(31)30-26-29-23(17-33-26)20-11-9-19(10-12-20)18-7-5-4-6-8-18/h4-15,17H,16H2,1-3H3,(H,29,30,31). The quantitative estimate of drug-likeness (QED) is 0.285. The van der Waals surface area contributed by atoms with E-state index in [4.69, 9.17) is 4.74 Å². The molecule has 0 aliphatic rings. The number of amides is 1. The zero-order chi connectivity index (χ0) is 23.4. The average Bonchev–Trinajstić information content (AvgIpc) is 3.26. The van der Waals surface area contributed by atoms with E-state index in [1.807, 2.05) is 53.9 Å². The normalized spacial score (nSPS) is 11.3. The van der Waals surface area contributed by atoms with Crippen molar-refractivity contribution < 1.29 is 9.53 Å². The number of nitrogens with zero attached hydrogens (tertiary/aromatic N) is 1. The van der Waals surface area contributed by atoms with Crippen LogP contribution in [0.3, 0.4) is 0 Å². The lowest BCUT2D eigenvalue weighted by Crippen LogP contribution is -2.22. The summed E-state index contributed by atoms with van der Waals surface area (Å²) >= 11 is 4.91. The second-order valence-electron chi connectivity index (χ2n) is 8.71. The summed E-state index contributed by atoms with van der Waals surface area (Å²) < 4.78 is 6.83. The van der Waals surface area contributed by atoms with Crippen LogP contribution in [0.2, 0.25) is 0 Å². The van der Waals surface area contributed by atoms with Gasteiger partial charge < -0.3 is 4.74 Å². The van der Waals surface area contributed by atoms with E-state index in [-0.39, 0.29) is 17.9 Å². The highest BCUT2D eigenvalue weighted by Gasteiger charge is 2.20. The number of nitrogens with one attached hydrogen (secondary N) is 1. The van der Waals surface area contributed by atoms with Crippen LogP contribution in [0, 0.1) is 0 Å². The Labute approximate surface area is 206 Å². The molecule has 0 bridgehead atoms. The number of anilines is 1. The largest absolute Gasteiger partial charge is 0.483 e. The number of carbonyl (C=O) groups excluding carboxylic acids is 1. The molecule has 6 heteroatoms. The van der Waals surface area contributed by atoms with Gasteiger partial charge in [-0.1, -0.05) is 91.3 Å². The van der Waals surface area contributed by atoms with Gasteiger partial charge in [0.2, 0.25) is 0 Å². The van der Waals surface area contributed by atoms with Crippen LogP contribution in [0.25, 0.3) is 22.4 Å². The molecule has 0 radical (unpaired) electrons. The zero-order valence-electron chi connectivity index (χ0n) is 18.8. The van der Waals surface area contributed by atoms with Crippen LogP contribution in [0.5, 0.6) is 5.75 Å². The molecule has 3 aromatic carbocycles. The Morgan fingerprint density at radius 2 is 1.64 bits per heavy atom. The first kappa shape index (κ1) is 23.2. The van der Waals surface area contributed by atoms with Crippen molar-refractivity contribution in [2.75, 3.05) is 11.9 Å². The minimum absolute atomic E-state index is 0.0780. The molecule has 4 aromatic rings. The lowest BCUT2D eigenvalue weighted by atomic mass is 9.86. The first-order chi connectivity index (χ1) is 15.8. The molecule has 1 aromatic heterocycles. The van der Waals surface area contributed by atoms with Crippen molar-refractivity contribution in [1.82, 2.24) is 4.98 Å². The number of thiazole rings is 1. The van der Waals surface area contributed by atoms with Gasteiger partial charge in [0.15, 0.2) is 11.7 Å². The molecule has 0 aliphatic carbocycles.